The van der Waals surface area contributed by atoms with Crippen LogP contribution in [0, 0.1) is 6.92 Å². The standard InChI is InChI=1S/C19H17F7N2O2S/c1-11-3-2-4-12(5-11)27-17(31)28-13-6-14(29-9-18(22,23)16(20)21)8-15(7-13)30-10-19(24,25)26/h2-8,16H,9-10H2,1H3,(H2,27,28,31). The lowest BCUT2D eigenvalue weighted by atomic mass is 10.2. The van der Waals surface area contributed by atoms with Crippen molar-refractivity contribution in [3.8, 4) is 11.5 Å². The molecule has 0 saturated heterocycles. The molecule has 2 aromatic carbocycles. The molecule has 0 aliphatic carbocycles. The number of alkyl halides is 7. The summed E-state index contributed by atoms with van der Waals surface area (Å²) in [6.07, 6.45) is -8.63. The van der Waals surface area contributed by atoms with Gasteiger partial charge in [0.1, 0.15) is 11.5 Å². The van der Waals surface area contributed by atoms with Crippen molar-refractivity contribution >= 4 is 28.7 Å². The minimum absolute atomic E-state index is 0.0280. The van der Waals surface area contributed by atoms with Crippen molar-refractivity contribution in [2.45, 2.75) is 25.4 Å². The van der Waals surface area contributed by atoms with E-state index in [9.17, 15) is 30.7 Å². The topological polar surface area (TPSA) is 42.5 Å². The van der Waals surface area contributed by atoms with E-state index >= 15 is 0 Å². The Morgan fingerprint density at radius 1 is 0.903 bits per heavy atom. The van der Waals surface area contributed by atoms with Crippen LogP contribution in [0.1, 0.15) is 5.56 Å². The average Bonchev–Trinajstić information content (AvgIpc) is 2.64. The summed E-state index contributed by atoms with van der Waals surface area (Å²) in [7, 11) is 0. The zero-order valence-electron chi connectivity index (χ0n) is 15.9. The van der Waals surface area contributed by atoms with E-state index in [1.165, 1.54) is 0 Å². The molecule has 0 unspecified atom stereocenters. The molecule has 0 radical (unpaired) electrons. The minimum atomic E-state index is -4.66. The molecule has 2 N–H and O–H groups in total. The van der Waals surface area contributed by atoms with E-state index in [4.69, 9.17) is 12.2 Å². The molecule has 0 heterocycles. The number of ether oxygens (including phenoxy) is 2. The van der Waals surface area contributed by atoms with E-state index in [-0.39, 0.29) is 10.8 Å². The van der Waals surface area contributed by atoms with E-state index in [2.05, 4.69) is 20.1 Å². The van der Waals surface area contributed by atoms with Gasteiger partial charge in [-0.25, -0.2) is 8.78 Å². The summed E-state index contributed by atoms with van der Waals surface area (Å²) in [4.78, 5) is 0. The van der Waals surface area contributed by atoms with Crippen LogP contribution in [0.2, 0.25) is 0 Å². The number of thiocarbonyl (C=S) groups is 1. The third kappa shape index (κ3) is 8.48. The fourth-order valence-corrected chi connectivity index (χ4v) is 2.47. The van der Waals surface area contributed by atoms with Gasteiger partial charge in [-0.3, -0.25) is 0 Å². The first-order valence-electron chi connectivity index (χ1n) is 8.62. The number of aryl methyl sites for hydroxylation is 1. The van der Waals surface area contributed by atoms with Crippen molar-refractivity contribution < 1.29 is 40.2 Å². The average molecular weight is 470 g/mol. The van der Waals surface area contributed by atoms with Gasteiger partial charge in [-0.15, -0.1) is 0 Å². The maximum atomic E-state index is 13.1. The molecule has 0 saturated carbocycles. The van der Waals surface area contributed by atoms with Gasteiger partial charge >= 0.3 is 18.5 Å². The molecule has 0 aliphatic rings. The van der Waals surface area contributed by atoms with Crippen molar-refractivity contribution in [3.63, 3.8) is 0 Å². The molecule has 0 bridgehead atoms. The fraction of sp³-hybridized carbons (Fsp3) is 0.316. The second-order valence-electron chi connectivity index (χ2n) is 6.40. The smallest absolute Gasteiger partial charge is 0.422 e. The largest absolute Gasteiger partial charge is 0.487 e. The summed E-state index contributed by atoms with van der Waals surface area (Å²) >= 11 is 5.13. The van der Waals surface area contributed by atoms with Crippen LogP contribution in [-0.4, -0.2) is 36.9 Å². The molecule has 12 heteroatoms. The van der Waals surface area contributed by atoms with Crippen molar-refractivity contribution in [3.05, 3.63) is 48.0 Å². The summed E-state index contributed by atoms with van der Waals surface area (Å²) < 4.78 is 97.4. The SMILES string of the molecule is Cc1cccc(NC(=S)Nc2cc(OCC(F)(F)F)cc(OCC(F)(F)C(F)F)c2)c1. The quantitative estimate of drug-likeness (QED) is 0.365. The number of rotatable bonds is 8. The summed E-state index contributed by atoms with van der Waals surface area (Å²) in [5.41, 5.74) is 1.58. The number of hydrogen-bond acceptors (Lipinski definition) is 3. The van der Waals surface area contributed by atoms with Crippen LogP contribution in [0.3, 0.4) is 0 Å². The van der Waals surface area contributed by atoms with Gasteiger partial charge < -0.3 is 20.1 Å². The summed E-state index contributed by atoms with van der Waals surface area (Å²) in [6, 6.07) is 10.2. The second-order valence-corrected chi connectivity index (χ2v) is 6.80. The van der Waals surface area contributed by atoms with Gasteiger partial charge in [0.05, 0.1) is 0 Å². The van der Waals surface area contributed by atoms with E-state index in [0.29, 0.717) is 5.69 Å². The van der Waals surface area contributed by atoms with Crippen LogP contribution in [0.4, 0.5) is 42.1 Å². The van der Waals surface area contributed by atoms with E-state index in [1.807, 2.05) is 13.0 Å². The normalized spacial score (nSPS) is 11.9. The van der Waals surface area contributed by atoms with Crippen LogP contribution in [0.5, 0.6) is 11.5 Å². The van der Waals surface area contributed by atoms with Gasteiger partial charge in [-0.2, -0.15) is 22.0 Å². The number of anilines is 2. The molecule has 0 fully saturated rings. The third-order valence-electron chi connectivity index (χ3n) is 3.57. The molecule has 0 aliphatic heterocycles. The molecular formula is C19H17F7N2O2S. The summed E-state index contributed by atoms with van der Waals surface area (Å²) in [5.74, 6) is -5.25. The number of hydrogen-bond donors (Lipinski definition) is 2. The first-order chi connectivity index (χ1) is 14.3. The Kier molecular flexibility index (Phi) is 7.93. The van der Waals surface area contributed by atoms with Crippen LogP contribution >= 0.6 is 12.2 Å². The molecule has 2 rings (SSSR count). The maximum Gasteiger partial charge on any atom is 0.422 e. The highest BCUT2D eigenvalue weighted by molar-refractivity contribution is 7.80. The molecule has 0 spiro atoms. The van der Waals surface area contributed by atoms with Gasteiger partial charge in [0.15, 0.2) is 18.3 Å². The molecule has 2 aromatic rings. The Morgan fingerprint density at radius 3 is 2.03 bits per heavy atom. The molecular weight excluding hydrogens is 453 g/mol. The van der Waals surface area contributed by atoms with E-state index in [0.717, 1.165) is 23.8 Å². The van der Waals surface area contributed by atoms with Gasteiger partial charge in [-0.05, 0) is 36.8 Å². The lowest BCUT2D eigenvalue weighted by Gasteiger charge is -2.18. The third-order valence-corrected chi connectivity index (χ3v) is 3.77. The molecule has 170 valence electrons. The fourth-order valence-electron chi connectivity index (χ4n) is 2.23. The van der Waals surface area contributed by atoms with Crippen molar-refractivity contribution in [2.75, 3.05) is 23.8 Å². The minimum Gasteiger partial charge on any atom is -0.487 e. The van der Waals surface area contributed by atoms with Crippen LogP contribution in [0.25, 0.3) is 0 Å². The summed E-state index contributed by atoms with van der Waals surface area (Å²) in [6.45, 7) is -1.49. The Balaban J connectivity index is 2.18. The first-order valence-corrected chi connectivity index (χ1v) is 9.03. The molecule has 0 atom stereocenters. The predicted molar refractivity (Wildman–Crippen MR) is 105 cm³/mol. The highest BCUT2D eigenvalue weighted by Gasteiger charge is 2.41. The highest BCUT2D eigenvalue weighted by atomic mass is 32.1. The molecule has 0 aromatic heterocycles. The molecule has 4 nitrogen and oxygen atoms in total. The van der Waals surface area contributed by atoms with Gasteiger partial charge in [0.2, 0.25) is 0 Å². The number of halogens is 7. The van der Waals surface area contributed by atoms with E-state index in [1.54, 1.807) is 18.2 Å². The maximum absolute atomic E-state index is 13.1. The van der Waals surface area contributed by atoms with Crippen molar-refractivity contribution in [1.29, 1.82) is 0 Å². The van der Waals surface area contributed by atoms with Crippen molar-refractivity contribution in [2.24, 2.45) is 0 Å². The lowest BCUT2D eigenvalue weighted by molar-refractivity contribution is -0.153. The Hall–Kier alpha value is -2.76. The van der Waals surface area contributed by atoms with Crippen LogP contribution in [0.15, 0.2) is 42.5 Å². The number of nitrogens with one attached hydrogen (secondary N) is 2. The second kappa shape index (κ2) is 10.0. The zero-order chi connectivity index (χ0) is 23.2. The Bertz CT molecular complexity index is 907. The van der Waals surface area contributed by atoms with Crippen LogP contribution in [-0.2, 0) is 0 Å². The van der Waals surface area contributed by atoms with Crippen molar-refractivity contribution in [1.82, 2.24) is 0 Å². The lowest BCUT2D eigenvalue weighted by Crippen LogP contribution is -2.33. The Morgan fingerprint density at radius 2 is 1.48 bits per heavy atom. The predicted octanol–water partition coefficient (Wildman–Crippen LogP) is 6.02. The monoisotopic (exact) mass is 470 g/mol. The van der Waals surface area contributed by atoms with E-state index < -0.39 is 43.2 Å². The summed E-state index contributed by atoms with van der Waals surface area (Å²) in [5, 5.41) is 5.52. The van der Waals surface area contributed by atoms with Gasteiger partial charge in [-0.1, -0.05) is 12.1 Å². The van der Waals surface area contributed by atoms with Gasteiger partial charge in [0, 0.05) is 29.6 Å². The Labute approximate surface area is 178 Å². The molecule has 0 amide bonds. The molecule has 31 heavy (non-hydrogen) atoms. The first kappa shape index (κ1) is 24.5. The van der Waals surface area contributed by atoms with Crippen LogP contribution < -0.4 is 20.1 Å². The van der Waals surface area contributed by atoms with Gasteiger partial charge in [0.25, 0.3) is 0 Å². The zero-order valence-corrected chi connectivity index (χ0v) is 16.7. The highest BCUT2D eigenvalue weighted by Crippen LogP contribution is 2.30. The number of benzene rings is 2.